The zero-order valence-corrected chi connectivity index (χ0v) is 18.7. The normalized spacial score (nSPS) is 15.7. The lowest BCUT2D eigenvalue weighted by atomic mass is 10.1. The summed E-state index contributed by atoms with van der Waals surface area (Å²) >= 11 is 0. The second kappa shape index (κ2) is 10.3. The van der Waals surface area contributed by atoms with Crippen molar-refractivity contribution in [2.75, 3.05) is 26.7 Å². The predicted molar refractivity (Wildman–Crippen MR) is 122 cm³/mol. The molecule has 0 spiro atoms. The number of hydrogen-bond donors (Lipinski definition) is 3. The van der Waals surface area contributed by atoms with E-state index in [9.17, 15) is 4.39 Å². The molecule has 27 heavy (non-hydrogen) atoms. The number of fused-ring (bicyclic) bond motifs is 1. The van der Waals surface area contributed by atoms with Crippen molar-refractivity contribution in [2.45, 2.75) is 45.2 Å². The number of aromatic nitrogens is 1. The molecule has 1 aliphatic carbocycles. The topological polar surface area (TPSA) is 55.5 Å². The first-order valence-corrected chi connectivity index (χ1v) is 9.58. The molecular formula is C20H31FIN5. The molecule has 150 valence electrons. The summed E-state index contributed by atoms with van der Waals surface area (Å²) in [7, 11) is 2.19. The molecule has 7 heteroatoms. The van der Waals surface area contributed by atoms with E-state index in [-0.39, 0.29) is 29.8 Å². The molecule has 0 saturated heterocycles. The van der Waals surface area contributed by atoms with E-state index < -0.39 is 0 Å². The summed E-state index contributed by atoms with van der Waals surface area (Å²) in [6, 6.07) is 6.05. The molecule has 1 heterocycles. The molecule has 3 rings (SSSR count). The molecule has 1 aromatic heterocycles. The zero-order valence-electron chi connectivity index (χ0n) is 16.4. The lowest BCUT2D eigenvalue weighted by Crippen LogP contribution is -2.40. The second-order valence-corrected chi connectivity index (χ2v) is 7.15. The Morgan fingerprint density at radius 3 is 2.85 bits per heavy atom. The Balaban J connectivity index is 0.00000261. The molecule has 1 atom stereocenters. The van der Waals surface area contributed by atoms with Gasteiger partial charge in [-0.3, -0.25) is 9.89 Å². The summed E-state index contributed by atoms with van der Waals surface area (Å²) in [6.45, 7) is 6.66. The molecule has 1 saturated carbocycles. The minimum Gasteiger partial charge on any atom is -0.361 e. The summed E-state index contributed by atoms with van der Waals surface area (Å²) < 4.78 is 13.5. The van der Waals surface area contributed by atoms with Crippen LogP contribution in [0, 0.1) is 5.82 Å². The van der Waals surface area contributed by atoms with E-state index in [0.717, 1.165) is 54.5 Å². The Labute approximate surface area is 178 Å². The summed E-state index contributed by atoms with van der Waals surface area (Å²) in [5, 5.41) is 7.64. The predicted octanol–water partition coefficient (Wildman–Crippen LogP) is 3.51. The smallest absolute Gasteiger partial charge is 0.191 e. The van der Waals surface area contributed by atoms with Gasteiger partial charge in [0.1, 0.15) is 5.82 Å². The number of likely N-dealkylation sites (N-methyl/N-ethyl adjacent to an activating group) is 1. The minimum absolute atomic E-state index is 0. The number of halogens is 2. The average molecular weight is 487 g/mol. The monoisotopic (exact) mass is 487 g/mol. The molecule has 5 nitrogen and oxygen atoms in total. The molecule has 0 amide bonds. The van der Waals surface area contributed by atoms with Crippen LogP contribution in [0.2, 0.25) is 0 Å². The Morgan fingerprint density at radius 2 is 2.15 bits per heavy atom. The highest BCUT2D eigenvalue weighted by atomic mass is 127. The van der Waals surface area contributed by atoms with Crippen LogP contribution in [0.3, 0.4) is 0 Å². The van der Waals surface area contributed by atoms with Gasteiger partial charge in [0.2, 0.25) is 0 Å². The number of nitrogens with one attached hydrogen (secondary N) is 3. The van der Waals surface area contributed by atoms with Gasteiger partial charge in [0.05, 0.1) is 6.54 Å². The average Bonchev–Trinajstić information content (AvgIpc) is 3.41. The molecule has 2 aromatic rings. The highest BCUT2D eigenvalue weighted by molar-refractivity contribution is 14.0. The van der Waals surface area contributed by atoms with Crippen LogP contribution < -0.4 is 10.6 Å². The fourth-order valence-electron chi connectivity index (χ4n) is 3.21. The van der Waals surface area contributed by atoms with E-state index in [0.29, 0.717) is 6.04 Å². The Bertz CT molecular complexity index is 756. The van der Waals surface area contributed by atoms with Gasteiger partial charge in [-0.2, -0.15) is 0 Å². The highest BCUT2D eigenvalue weighted by Crippen LogP contribution is 2.26. The second-order valence-electron chi connectivity index (χ2n) is 7.15. The number of hydrogen-bond acceptors (Lipinski definition) is 2. The van der Waals surface area contributed by atoms with Gasteiger partial charge >= 0.3 is 0 Å². The van der Waals surface area contributed by atoms with E-state index in [2.05, 4.69) is 41.4 Å². The number of H-pyrrole nitrogens is 1. The molecule has 1 unspecified atom stereocenters. The van der Waals surface area contributed by atoms with Crippen LogP contribution in [0.25, 0.3) is 10.9 Å². The fraction of sp³-hybridized carbons (Fsp3) is 0.550. The third-order valence-electron chi connectivity index (χ3n) is 5.09. The van der Waals surface area contributed by atoms with Crippen LogP contribution in [0.1, 0.15) is 32.3 Å². The standard InChI is InChI=1S/C20H30FN5.HI/c1-4-22-20(25-12-14(2)26(3)17-6-7-17)23-10-9-15-13-24-19-8-5-16(21)11-18(15)19;/h5,8,11,13-14,17,24H,4,6-7,9-10,12H2,1-3H3,(H2,22,23,25);1H. The van der Waals surface area contributed by atoms with Crippen LogP contribution in [-0.2, 0) is 6.42 Å². The first kappa shape index (κ1) is 21.9. The molecule has 1 aromatic carbocycles. The van der Waals surface area contributed by atoms with Crippen molar-refractivity contribution < 1.29 is 4.39 Å². The molecule has 1 fully saturated rings. The maximum Gasteiger partial charge on any atom is 0.191 e. The molecular weight excluding hydrogens is 456 g/mol. The van der Waals surface area contributed by atoms with Gasteiger partial charge in [-0.1, -0.05) is 0 Å². The van der Waals surface area contributed by atoms with Gasteiger partial charge in [0.25, 0.3) is 0 Å². The van der Waals surface area contributed by atoms with Crippen LogP contribution in [0.4, 0.5) is 4.39 Å². The van der Waals surface area contributed by atoms with Crippen molar-refractivity contribution in [3.63, 3.8) is 0 Å². The van der Waals surface area contributed by atoms with Gasteiger partial charge in [0, 0.05) is 42.3 Å². The minimum atomic E-state index is -0.199. The Kier molecular flexibility index (Phi) is 8.34. The Hall–Kier alpha value is -1.35. The molecule has 0 aliphatic heterocycles. The van der Waals surface area contributed by atoms with Crippen molar-refractivity contribution in [1.82, 2.24) is 20.5 Å². The number of nitrogens with zero attached hydrogens (tertiary/aromatic N) is 2. The van der Waals surface area contributed by atoms with Crippen LogP contribution in [0.15, 0.2) is 29.4 Å². The van der Waals surface area contributed by atoms with E-state index in [1.54, 1.807) is 12.1 Å². The molecule has 1 aliphatic rings. The van der Waals surface area contributed by atoms with Crippen molar-refractivity contribution in [2.24, 2.45) is 4.99 Å². The summed E-state index contributed by atoms with van der Waals surface area (Å²) in [6.07, 6.45) is 5.40. The lowest BCUT2D eigenvalue weighted by molar-refractivity contribution is 0.253. The van der Waals surface area contributed by atoms with Crippen LogP contribution in [-0.4, -0.2) is 54.6 Å². The van der Waals surface area contributed by atoms with Gasteiger partial charge < -0.3 is 15.6 Å². The van der Waals surface area contributed by atoms with Crippen LogP contribution in [0.5, 0.6) is 0 Å². The number of guanidine groups is 1. The number of aliphatic imine (C=N–C) groups is 1. The first-order chi connectivity index (χ1) is 12.6. The molecule has 0 radical (unpaired) electrons. The maximum absolute atomic E-state index is 13.5. The number of benzene rings is 1. The lowest BCUT2D eigenvalue weighted by Gasteiger charge is -2.23. The van der Waals surface area contributed by atoms with Crippen molar-refractivity contribution >= 4 is 40.8 Å². The van der Waals surface area contributed by atoms with Gasteiger partial charge in [-0.25, -0.2) is 4.39 Å². The van der Waals surface area contributed by atoms with Crippen molar-refractivity contribution in [3.8, 4) is 0 Å². The summed E-state index contributed by atoms with van der Waals surface area (Å²) in [5.41, 5.74) is 2.09. The quantitative estimate of drug-likeness (QED) is 0.304. The molecule has 0 bridgehead atoms. The van der Waals surface area contributed by atoms with Crippen molar-refractivity contribution in [1.29, 1.82) is 0 Å². The fourth-order valence-corrected chi connectivity index (χ4v) is 3.21. The summed E-state index contributed by atoms with van der Waals surface area (Å²) in [5.74, 6) is 0.643. The molecule has 3 N–H and O–H groups in total. The summed E-state index contributed by atoms with van der Waals surface area (Å²) in [4.78, 5) is 10.4. The SMILES string of the molecule is CCNC(=NCC(C)N(C)C1CC1)NCCc1c[nH]c2ccc(F)cc12.I. The largest absolute Gasteiger partial charge is 0.361 e. The first-order valence-electron chi connectivity index (χ1n) is 9.58. The maximum atomic E-state index is 13.5. The van der Waals surface area contributed by atoms with Crippen LogP contribution >= 0.6 is 24.0 Å². The zero-order chi connectivity index (χ0) is 18.5. The van der Waals surface area contributed by atoms with Crippen molar-refractivity contribution in [3.05, 3.63) is 35.8 Å². The number of aromatic amines is 1. The van der Waals surface area contributed by atoms with E-state index in [1.165, 1.54) is 18.9 Å². The third-order valence-corrected chi connectivity index (χ3v) is 5.09. The van der Waals surface area contributed by atoms with E-state index >= 15 is 0 Å². The van der Waals surface area contributed by atoms with E-state index in [4.69, 9.17) is 4.99 Å². The van der Waals surface area contributed by atoms with Gasteiger partial charge in [0.15, 0.2) is 5.96 Å². The number of rotatable bonds is 8. The highest BCUT2D eigenvalue weighted by Gasteiger charge is 2.28. The van der Waals surface area contributed by atoms with Gasteiger partial charge in [-0.15, -0.1) is 24.0 Å². The third kappa shape index (κ3) is 6.07. The van der Waals surface area contributed by atoms with E-state index in [1.807, 2.05) is 6.20 Å². The Morgan fingerprint density at radius 1 is 1.37 bits per heavy atom. The van der Waals surface area contributed by atoms with Gasteiger partial charge in [-0.05, 0) is 63.9 Å².